The van der Waals surface area contributed by atoms with Gasteiger partial charge >= 0.3 is 0 Å². The fraction of sp³-hybridized carbons (Fsp3) is 0.111. The summed E-state index contributed by atoms with van der Waals surface area (Å²) in [7, 11) is 0. The van der Waals surface area contributed by atoms with Crippen molar-refractivity contribution in [3.05, 3.63) is 29.3 Å². The molecule has 0 saturated carbocycles. The third-order valence-electron chi connectivity index (χ3n) is 2.01. The Kier molecular flexibility index (Phi) is 1.55. The van der Waals surface area contributed by atoms with Crippen molar-refractivity contribution in [2.24, 2.45) is 0 Å². The average Bonchev–Trinajstić information content (AvgIpc) is 2.02. The van der Waals surface area contributed by atoms with Gasteiger partial charge in [-0.25, -0.2) is 0 Å². The number of fused-ring (bicyclic) bond motifs is 1. The van der Waals surface area contributed by atoms with Crippen molar-refractivity contribution >= 4 is 17.5 Å². The second-order valence-electron chi connectivity index (χ2n) is 2.94. The zero-order valence-electron chi connectivity index (χ0n) is 6.83. The molecule has 1 aromatic carbocycles. The summed E-state index contributed by atoms with van der Waals surface area (Å²) in [5.74, 6) is -0.674. The lowest BCUT2D eigenvalue weighted by Gasteiger charge is -2.16. The Bertz CT molecular complexity index is 399. The van der Waals surface area contributed by atoms with Crippen LogP contribution in [0.2, 0.25) is 0 Å². The van der Waals surface area contributed by atoms with Crippen molar-refractivity contribution in [3.8, 4) is 0 Å². The van der Waals surface area contributed by atoms with Crippen molar-refractivity contribution in [3.63, 3.8) is 0 Å². The van der Waals surface area contributed by atoms with Crippen LogP contribution in [0, 0.1) is 0 Å². The van der Waals surface area contributed by atoms with E-state index in [1.807, 2.05) is 0 Å². The molecule has 2 amide bonds. The van der Waals surface area contributed by atoms with E-state index < -0.39 is 5.91 Å². The maximum Gasteiger partial charge on any atom is 0.260 e. The van der Waals surface area contributed by atoms with Gasteiger partial charge in [-0.1, -0.05) is 12.1 Å². The fourth-order valence-electron chi connectivity index (χ4n) is 1.45. The summed E-state index contributed by atoms with van der Waals surface area (Å²) in [6.07, 6.45) is 0.228. The average molecular weight is 176 g/mol. The largest absolute Gasteiger partial charge is 0.398 e. The monoisotopic (exact) mass is 176 g/mol. The third kappa shape index (κ3) is 1.16. The van der Waals surface area contributed by atoms with Crippen molar-refractivity contribution in [2.45, 2.75) is 6.42 Å². The van der Waals surface area contributed by atoms with Gasteiger partial charge in [0.15, 0.2) is 0 Å². The molecule has 4 nitrogen and oxygen atoms in total. The molecule has 0 aromatic heterocycles. The van der Waals surface area contributed by atoms with Crippen LogP contribution in [0.25, 0.3) is 0 Å². The maximum absolute atomic E-state index is 11.3. The second kappa shape index (κ2) is 2.58. The Balaban J connectivity index is 2.61. The number of nitrogens with two attached hydrogens (primary N) is 1. The van der Waals surface area contributed by atoms with Gasteiger partial charge in [0.05, 0.1) is 12.0 Å². The third-order valence-corrected chi connectivity index (χ3v) is 2.01. The minimum Gasteiger partial charge on any atom is -0.398 e. The molecular formula is C9H8N2O2. The van der Waals surface area contributed by atoms with Gasteiger partial charge in [0.25, 0.3) is 5.91 Å². The summed E-state index contributed by atoms with van der Waals surface area (Å²) in [5.41, 5.74) is 7.16. The Labute approximate surface area is 74.7 Å². The number of nitrogen functional groups attached to an aromatic ring is 1. The first-order valence-electron chi connectivity index (χ1n) is 3.90. The van der Waals surface area contributed by atoms with Crippen molar-refractivity contribution in [1.82, 2.24) is 5.32 Å². The molecule has 2 rings (SSSR count). The van der Waals surface area contributed by atoms with Gasteiger partial charge in [-0.2, -0.15) is 0 Å². The summed E-state index contributed by atoms with van der Waals surface area (Å²) >= 11 is 0. The molecule has 1 aliphatic heterocycles. The predicted molar refractivity (Wildman–Crippen MR) is 47.0 cm³/mol. The smallest absolute Gasteiger partial charge is 0.260 e. The van der Waals surface area contributed by atoms with E-state index >= 15 is 0 Å². The standard InChI is InChI=1S/C9H8N2O2/c10-6-3-1-2-5-4-7(12)11-9(13)8(5)6/h1-3H,4,10H2,(H,11,12,13). The van der Waals surface area contributed by atoms with E-state index in [9.17, 15) is 9.59 Å². The van der Waals surface area contributed by atoms with Gasteiger partial charge in [0.2, 0.25) is 5.91 Å². The number of nitrogens with one attached hydrogen (secondary N) is 1. The topological polar surface area (TPSA) is 72.2 Å². The quantitative estimate of drug-likeness (QED) is 0.434. The summed E-state index contributed by atoms with van der Waals surface area (Å²) in [6.45, 7) is 0. The van der Waals surface area contributed by atoms with E-state index in [0.29, 0.717) is 16.8 Å². The first-order valence-corrected chi connectivity index (χ1v) is 3.90. The van der Waals surface area contributed by atoms with Crippen LogP contribution in [0.3, 0.4) is 0 Å². The van der Waals surface area contributed by atoms with Gasteiger partial charge in [0, 0.05) is 5.69 Å². The first kappa shape index (κ1) is 7.79. The lowest BCUT2D eigenvalue weighted by molar-refractivity contribution is -0.119. The molecule has 0 spiro atoms. The lowest BCUT2D eigenvalue weighted by atomic mass is 9.98. The van der Waals surface area contributed by atoms with Gasteiger partial charge in [-0.15, -0.1) is 0 Å². The van der Waals surface area contributed by atoms with E-state index in [4.69, 9.17) is 5.73 Å². The molecule has 13 heavy (non-hydrogen) atoms. The molecule has 0 fully saturated rings. The van der Waals surface area contributed by atoms with Crippen LogP contribution in [0.4, 0.5) is 5.69 Å². The normalized spacial score (nSPS) is 15.1. The van der Waals surface area contributed by atoms with E-state index in [1.54, 1.807) is 18.2 Å². The zero-order valence-corrected chi connectivity index (χ0v) is 6.83. The Morgan fingerprint density at radius 2 is 2.08 bits per heavy atom. The first-order chi connectivity index (χ1) is 6.18. The molecule has 0 atom stereocenters. The molecule has 0 aliphatic carbocycles. The number of imide groups is 1. The van der Waals surface area contributed by atoms with Crippen LogP contribution in [0.5, 0.6) is 0 Å². The lowest BCUT2D eigenvalue weighted by Crippen LogP contribution is -2.37. The van der Waals surface area contributed by atoms with Crippen LogP contribution < -0.4 is 11.1 Å². The molecule has 3 N–H and O–H groups in total. The highest BCUT2D eigenvalue weighted by Crippen LogP contribution is 2.20. The van der Waals surface area contributed by atoms with Crippen LogP contribution >= 0.6 is 0 Å². The Morgan fingerprint density at radius 3 is 2.85 bits per heavy atom. The van der Waals surface area contributed by atoms with Crippen LogP contribution in [0.15, 0.2) is 18.2 Å². The van der Waals surface area contributed by atoms with E-state index in [-0.39, 0.29) is 12.3 Å². The molecule has 0 radical (unpaired) electrons. The highest BCUT2D eigenvalue weighted by molar-refractivity contribution is 6.12. The van der Waals surface area contributed by atoms with Crippen molar-refractivity contribution in [1.29, 1.82) is 0 Å². The molecule has 0 saturated heterocycles. The van der Waals surface area contributed by atoms with Crippen molar-refractivity contribution in [2.75, 3.05) is 5.73 Å². The SMILES string of the molecule is Nc1cccc2c1C(=O)NC(=O)C2. The van der Waals surface area contributed by atoms with Gasteiger partial charge < -0.3 is 5.73 Å². The fourth-order valence-corrected chi connectivity index (χ4v) is 1.45. The summed E-state index contributed by atoms with van der Waals surface area (Å²) in [4.78, 5) is 22.3. The number of rotatable bonds is 0. The Morgan fingerprint density at radius 1 is 1.31 bits per heavy atom. The van der Waals surface area contributed by atoms with Crippen LogP contribution in [-0.4, -0.2) is 11.8 Å². The highest BCUT2D eigenvalue weighted by atomic mass is 16.2. The zero-order chi connectivity index (χ0) is 9.42. The number of carbonyl (C=O) groups excluding carboxylic acids is 2. The molecule has 4 heteroatoms. The van der Waals surface area contributed by atoms with Gasteiger partial charge in [-0.3, -0.25) is 14.9 Å². The highest BCUT2D eigenvalue weighted by Gasteiger charge is 2.23. The number of hydrogen-bond donors (Lipinski definition) is 2. The molecule has 0 unspecified atom stereocenters. The van der Waals surface area contributed by atoms with Crippen molar-refractivity contribution < 1.29 is 9.59 Å². The summed E-state index contributed by atoms with van der Waals surface area (Å²) in [6, 6.07) is 5.12. The number of anilines is 1. The minimum atomic E-state index is -0.399. The predicted octanol–water partition coefficient (Wildman–Crippen LogP) is 0.0813. The minimum absolute atomic E-state index is 0.228. The van der Waals surface area contributed by atoms with E-state index in [0.717, 1.165) is 0 Å². The van der Waals surface area contributed by atoms with Gasteiger partial charge in [0.1, 0.15) is 0 Å². The van der Waals surface area contributed by atoms with Crippen LogP contribution in [0.1, 0.15) is 15.9 Å². The van der Waals surface area contributed by atoms with E-state index in [2.05, 4.69) is 5.32 Å². The molecular weight excluding hydrogens is 168 g/mol. The Hall–Kier alpha value is -1.84. The number of hydrogen-bond acceptors (Lipinski definition) is 3. The van der Waals surface area contributed by atoms with E-state index in [1.165, 1.54) is 0 Å². The van der Waals surface area contributed by atoms with Gasteiger partial charge in [-0.05, 0) is 11.6 Å². The van der Waals surface area contributed by atoms with Crippen LogP contribution in [-0.2, 0) is 11.2 Å². The summed E-state index contributed by atoms with van der Waals surface area (Å²) < 4.78 is 0. The number of amides is 2. The second-order valence-corrected chi connectivity index (χ2v) is 2.94. The molecule has 66 valence electrons. The molecule has 1 aromatic rings. The number of carbonyl (C=O) groups is 2. The molecule has 1 aliphatic rings. The maximum atomic E-state index is 11.3. The molecule has 1 heterocycles. The summed E-state index contributed by atoms with van der Waals surface area (Å²) in [5, 5.41) is 2.22. The number of benzene rings is 1. The molecule has 0 bridgehead atoms.